The maximum Gasteiger partial charge on any atom is 0.432 e. The van der Waals surface area contributed by atoms with Crippen molar-refractivity contribution in [2.24, 2.45) is 0 Å². The summed E-state index contributed by atoms with van der Waals surface area (Å²) in [6, 6.07) is 9.91. The molecule has 0 radical (unpaired) electrons. The van der Waals surface area contributed by atoms with E-state index in [1.54, 1.807) is 19.1 Å². The quantitative estimate of drug-likeness (QED) is 0.228. The van der Waals surface area contributed by atoms with Crippen LogP contribution in [0.15, 0.2) is 66.7 Å². The Kier molecular flexibility index (Phi) is 6.90. The Morgan fingerprint density at radius 3 is 1.53 bits per heavy atom. The lowest BCUT2D eigenvalue weighted by Gasteiger charge is -2.20. The van der Waals surface area contributed by atoms with E-state index in [1.165, 1.54) is 12.1 Å². The minimum atomic E-state index is -5.35. The highest BCUT2D eigenvalue weighted by Crippen LogP contribution is 2.39. The van der Waals surface area contributed by atoms with Gasteiger partial charge in [0.05, 0.1) is 0 Å². The van der Waals surface area contributed by atoms with E-state index in [9.17, 15) is 43.9 Å². The van der Waals surface area contributed by atoms with Crippen LogP contribution < -0.4 is 4.74 Å². The van der Waals surface area contributed by atoms with Crippen LogP contribution in [-0.2, 0) is 12.3 Å². The van der Waals surface area contributed by atoms with E-state index in [2.05, 4.69) is 4.74 Å². The number of hydrogen-bond donors (Lipinski definition) is 0. The molecule has 198 valence electrons. The molecule has 0 amide bonds. The zero-order chi connectivity index (χ0) is 28.0. The molecule has 0 aliphatic rings. The Morgan fingerprint density at radius 1 is 0.526 bits per heavy atom. The molecule has 0 N–H and O–H groups in total. The second kappa shape index (κ2) is 9.70. The molecule has 0 spiro atoms. The second-order valence-electron chi connectivity index (χ2n) is 8.25. The molecular weight excluding hydrogens is 530 g/mol. The normalized spacial score (nSPS) is 12.1. The fraction of sp³-hybridized carbons (Fsp3) is 0.111. The molecule has 0 saturated heterocycles. The Morgan fingerprint density at radius 2 is 1.03 bits per heavy atom. The summed E-state index contributed by atoms with van der Waals surface area (Å²) in [5.41, 5.74) is -4.04. The molecule has 0 heterocycles. The molecule has 4 aromatic rings. The van der Waals surface area contributed by atoms with E-state index in [0.717, 1.165) is 5.56 Å². The fourth-order valence-electron chi connectivity index (χ4n) is 3.76. The third kappa shape index (κ3) is 5.32. The molecule has 0 bridgehead atoms. The van der Waals surface area contributed by atoms with E-state index in [-0.39, 0.29) is 17.7 Å². The van der Waals surface area contributed by atoms with Gasteiger partial charge in [0.2, 0.25) is 0 Å². The van der Waals surface area contributed by atoms with Crippen LogP contribution in [-0.4, -0.2) is 0 Å². The topological polar surface area (TPSA) is 9.23 Å². The van der Waals surface area contributed by atoms with Gasteiger partial charge in [-0.3, -0.25) is 0 Å². The van der Waals surface area contributed by atoms with Crippen LogP contribution >= 0.6 is 0 Å². The zero-order valence-corrected chi connectivity index (χ0v) is 19.0. The van der Waals surface area contributed by atoms with Crippen LogP contribution in [0.2, 0.25) is 0 Å². The van der Waals surface area contributed by atoms with Crippen molar-refractivity contribution in [2.45, 2.75) is 19.2 Å². The highest BCUT2D eigenvalue weighted by molar-refractivity contribution is 5.66. The molecular formula is C27H14F10O. The molecule has 0 aliphatic heterocycles. The van der Waals surface area contributed by atoms with Gasteiger partial charge in [-0.1, -0.05) is 29.8 Å². The van der Waals surface area contributed by atoms with Crippen molar-refractivity contribution in [1.82, 2.24) is 0 Å². The first-order chi connectivity index (χ1) is 17.7. The van der Waals surface area contributed by atoms with Crippen molar-refractivity contribution in [2.75, 3.05) is 0 Å². The molecule has 4 aromatic carbocycles. The Bertz CT molecular complexity index is 1460. The third-order valence-corrected chi connectivity index (χ3v) is 5.54. The van der Waals surface area contributed by atoms with E-state index >= 15 is 0 Å². The number of ether oxygens (including phenoxy) is 1. The van der Waals surface area contributed by atoms with Crippen molar-refractivity contribution >= 4 is 0 Å². The van der Waals surface area contributed by atoms with Crippen LogP contribution in [0.4, 0.5) is 43.9 Å². The summed E-state index contributed by atoms with van der Waals surface area (Å²) in [4.78, 5) is 0. The first-order valence-electron chi connectivity index (χ1n) is 10.7. The van der Waals surface area contributed by atoms with Crippen LogP contribution in [0.25, 0.3) is 22.3 Å². The van der Waals surface area contributed by atoms with Crippen molar-refractivity contribution in [1.29, 1.82) is 0 Å². The lowest BCUT2D eigenvalue weighted by molar-refractivity contribution is -0.189. The maximum atomic E-state index is 14.7. The number of benzene rings is 4. The molecule has 0 aliphatic carbocycles. The van der Waals surface area contributed by atoms with Gasteiger partial charge in [-0.25, -0.2) is 22.0 Å². The van der Waals surface area contributed by atoms with Crippen LogP contribution in [0, 0.1) is 36.0 Å². The summed E-state index contributed by atoms with van der Waals surface area (Å²) < 4.78 is 144. The van der Waals surface area contributed by atoms with Gasteiger partial charge in [0.25, 0.3) is 0 Å². The molecule has 0 fully saturated rings. The predicted octanol–water partition coefficient (Wildman–Crippen LogP) is 9.17. The Balaban J connectivity index is 1.63. The van der Waals surface area contributed by atoms with Crippen LogP contribution in [0.3, 0.4) is 0 Å². The highest BCUT2D eigenvalue weighted by Gasteiger charge is 2.41. The Labute approximate surface area is 208 Å². The van der Waals surface area contributed by atoms with Gasteiger partial charge in [-0.2, -0.15) is 22.0 Å². The molecule has 38 heavy (non-hydrogen) atoms. The van der Waals surface area contributed by atoms with Gasteiger partial charge < -0.3 is 4.74 Å². The molecule has 1 nitrogen and oxygen atoms in total. The minimum Gasteiger partial charge on any atom is -0.429 e. The SMILES string of the molecule is Cc1ccc(-c2cc(F)c(C(F)(F)Oc3ccc(-c4cc(F)c(C(F)(F)F)c(F)c4)c(F)c3)c(F)c2)cc1. The first-order valence-corrected chi connectivity index (χ1v) is 10.7. The highest BCUT2D eigenvalue weighted by atomic mass is 19.4. The standard InChI is InChI=1S/C27H14F10O/c1-13-2-4-14(5-3-13)15-8-22(31)25(23(32)9-15)27(36,37)38-17-6-7-18(19(28)12-17)16-10-20(29)24(21(30)11-16)26(33,34)35/h2-12H,1H3. The molecule has 0 saturated carbocycles. The van der Waals surface area contributed by atoms with Gasteiger partial charge in [-0.05, 0) is 60.0 Å². The van der Waals surface area contributed by atoms with Gasteiger partial charge in [0.1, 0.15) is 46.0 Å². The number of alkyl halides is 5. The lowest BCUT2D eigenvalue weighted by atomic mass is 10.0. The van der Waals surface area contributed by atoms with Crippen LogP contribution in [0.1, 0.15) is 16.7 Å². The summed E-state index contributed by atoms with van der Waals surface area (Å²) in [5.74, 6) is -9.65. The summed E-state index contributed by atoms with van der Waals surface area (Å²) in [6.07, 6.45) is -9.97. The third-order valence-electron chi connectivity index (χ3n) is 5.54. The summed E-state index contributed by atoms with van der Waals surface area (Å²) >= 11 is 0. The number of rotatable bonds is 5. The molecule has 11 heteroatoms. The van der Waals surface area contributed by atoms with Gasteiger partial charge >= 0.3 is 12.3 Å². The van der Waals surface area contributed by atoms with E-state index in [1.807, 2.05) is 0 Å². The average molecular weight is 544 g/mol. The van der Waals surface area contributed by atoms with Crippen LogP contribution in [0.5, 0.6) is 5.75 Å². The lowest BCUT2D eigenvalue weighted by Crippen LogP contribution is -2.25. The molecule has 4 rings (SSSR count). The van der Waals surface area contributed by atoms with Gasteiger partial charge in [-0.15, -0.1) is 0 Å². The summed E-state index contributed by atoms with van der Waals surface area (Å²) in [5, 5.41) is 0. The monoisotopic (exact) mass is 544 g/mol. The Hall–Kier alpha value is -4.02. The average Bonchev–Trinajstić information content (AvgIpc) is 2.77. The molecule has 0 aromatic heterocycles. The second-order valence-corrected chi connectivity index (χ2v) is 8.25. The molecule has 0 unspecified atom stereocenters. The predicted molar refractivity (Wildman–Crippen MR) is 118 cm³/mol. The number of aryl methyl sites for hydroxylation is 1. The van der Waals surface area contributed by atoms with Crippen molar-refractivity contribution in [3.05, 3.63) is 113 Å². The fourth-order valence-corrected chi connectivity index (χ4v) is 3.76. The maximum absolute atomic E-state index is 14.7. The largest absolute Gasteiger partial charge is 0.432 e. The minimum absolute atomic E-state index is 0.0223. The summed E-state index contributed by atoms with van der Waals surface area (Å²) in [6.45, 7) is 1.78. The van der Waals surface area contributed by atoms with E-state index in [4.69, 9.17) is 0 Å². The van der Waals surface area contributed by atoms with Crippen molar-refractivity contribution < 1.29 is 48.6 Å². The van der Waals surface area contributed by atoms with Gasteiger partial charge in [0.15, 0.2) is 0 Å². The molecule has 0 atom stereocenters. The van der Waals surface area contributed by atoms with E-state index < -0.39 is 69.4 Å². The smallest absolute Gasteiger partial charge is 0.429 e. The van der Waals surface area contributed by atoms with Crippen molar-refractivity contribution in [3.8, 4) is 28.0 Å². The zero-order valence-electron chi connectivity index (χ0n) is 19.0. The van der Waals surface area contributed by atoms with Crippen molar-refractivity contribution in [3.63, 3.8) is 0 Å². The van der Waals surface area contributed by atoms with Gasteiger partial charge in [0, 0.05) is 11.6 Å². The number of hydrogen-bond acceptors (Lipinski definition) is 1. The first kappa shape index (κ1) is 27.0. The van der Waals surface area contributed by atoms with E-state index in [0.29, 0.717) is 35.9 Å². The summed E-state index contributed by atoms with van der Waals surface area (Å²) in [7, 11) is 0. The number of halogens is 10.